The number of carbonyl (C=O) groups excluding carboxylic acids is 1. The van der Waals surface area contributed by atoms with Crippen molar-refractivity contribution in [2.24, 2.45) is 0 Å². The van der Waals surface area contributed by atoms with E-state index in [9.17, 15) is 15.0 Å². The van der Waals surface area contributed by atoms with Crippen molar-refractivity contribution in [3.8, 4) is 0 Å². The van der Waals surface area contributed by atoms with Crippen LogP contribution in [0.25, 0.3) is 11.2 Å². The van der Waals surface area contributed by atoms with Crippen LogP contribution in [0.5, 0.6) is 0 Å². The Labute approximate surface area is 195 Å². The Morgan fingerprint density at radius 1 is 1.00 bits per heavy atom. The van der Waals surface area contributed by atoms with Gasteiger partial charge in [0.25, 0.3) is 0 Å². The second-order valence-electron chi connectivity index (χ2n) is 8.13. The third kappa shape index (κ3) is 3.98. The molecule has 0 saturated carbocycles. The van der Waals surface area contributed by atoms with Gasteiger partial charge in [-0.25, -0.2) is 15.0 Å². The summed E-state index contributed by atoms with van der Waals surface area (Å²) in [7, 11) is 0. The van der Waals surface area contributed by atoms with Gasteiger partial charge in [-0.1, -0.05) is 60.7 Å². The molecule has 0 aliphatic carbocycles. The van der Waals surface area contributed by atoms with Gasteiger partial charge in [-0.3, -0.25) is 9.36 Å². The van der Waals surface area contributed by atoms with Gasteiger partial charge in [0.1, 0.15) is 30.2 Å². The number of rotatable bonds is 6. The molecule has 0 spiro atoms. The smallest absolute Gasteiger partial charge is 0.232 e. The molecule has 1 amide bonds. The predicted octanol–water partition coefficient (Wildman–Crippen LogP) is 0.976. The van der Waals surface area contributed by atoms with Gasteiger partial charge in [0.15, 0.2) is 17.7 Å². The Balaban J connectivity index is 1.33. The Bertz CT molecular complexity index is 1240. The van der Waals surface area contributed by atoms with E-state index in [4.69, 9.17) is 10.5 Å². The molecule has 5 N–H and O–H groups in total. The Morgan fingerprint density at radius 2 is 1.65 bits per heavy atom. The van der Waals surface area contributed by atoms with Gasteiger partial charge in [0.2, 0.25) is 5.91 Å². The van der Waals surface area contributed by atoms with Crippen molar-refractivity contribution in [3.05, 3.63) is 84.4 Å². The number of fused-ring (bicyclic) bond motifs is 1. The van der Waals surface area contributed by atoms with Crippen LogP contribution in [-0.2, 0) is 9.53 Å². The number of benzene rings is 2. The van der Waals surface area contributed by atoms with Gasteiger partial charge in [0, 0.05) is 6.54 Å². The summed E-state index contributed by atoms with van der Waals surface area (Å²) in [6, 6.07) is 18.9. The number of hydrogen-bond acceptors (Lipinski definition) is 8. The minimum absolute atomic E-state index is 0.00742. The first-order valence-corrected chi connectivity index (χ1v) is 10.9. The maximum atomic E-state index is 13.3. The van der Waals surface area contributed by atoms with Crippen molar-refractivity contribution in [1.29, 1.82) is 0 Å². The molecule has 1 aliphatic heterocycles. The lowest BCUT2D eigenvalue weighted by Crippen LogP contribution is -2.41. The second-order valence-corrected chi connectivity index (χ2v) is 8.13. The van der Waals surface area contributed by atoms with Crippen LogP contribution in [0.4, 0.5) is 5.82 Å². The lowest BCUT2D eigenvalue weighted by atomic mass is 9.90. The van der Waals surface area contributed by atoms with Crippen LogP contribution in [0.2, 0.25) is 0 Å². The number of ether oxygens (including phenoxy) is 1. The Kier molecular flexibility index (Phi) is 5.93. The molecule has 4 aromatic rings. The highest BCUT2D eigenvalue weighted by Gasteiger charge is 2.44. The molecule has 1 unspecified atom stereocenters. The zero-order valence-electron chi connectivity index (χ0n) is 18.1. The molecule has 2 aromatic carbocycles. The summed E-state index contributed by atoms with van der Waals surface area (Å²) in [5.41, 5.74) is 8.28. The number of carbonyl (C=O) groups is 1. The quantitative estimate of drug-likeness (QED) is 0.333. The van der Waals surface area contributed by atoms with Crippen LogP contribution in [0.3, 0.4) is 0 Å². The number of nitrogens with zero attached hydrogens (tertiary/aromatic N) is 4. The average Bonchev–Trinajstić information content (AvgIpc) is 3.41. The van der Waals surface area contributed by atoms with E-state index >= 15 is 0 Å². The van der Waals surface area contributed by atoms with Crippen LogP contribution >= 0.6 is 0 Å². The molecule has 10 heteroatoms. The van der Waals surface area contributed by atoms with E-state index < -0.39 is 30.5 Å². The number of imidazole rings is 1. The number of anilines is 1. The third-order valence-corrected chi connectivity index (χ3v) is 6.00. The highest BCUT2D eigenvalue weighted by atomic mass is 16.6. The van der Waals surface area contributed by atoms with Crippen LogP contribution in [0.15, 0.2) is 73.3 Å². The molecule has 10 nitrogen and oxygen atoms in total. The molecule has 1 aliphatic rings. The maximum Gasteiger partial charge on any atom is 0.232 e. The summed E-state index contributed by atoms with van der Waals surface area (Å²) in [5.74, 6) is -0.563. The van der Waals surface area contributed by atoms with E-state index in [0.29, 0.717) is 11.2 Å². The third-order valence-electron chi connectivity index (χ3n) is 6.00. The summed E-state index contributed by atoms with van der Waals surface area (Å²) in [6.45, 7) is 0.00742. The van der Waals surface area contributed by atoms with Gasteiger partial charge in [-0.15, -0.1) is 0 Å². The molecular weight excluding hydrogens is 436 g/mol. The summed E-state index contributed by atoms with van der Waals surface area (Å²) < 4.78 is 7.43. The summed E-state index contributed by atoms with van der Waals surface area (Å²) in [5, 5.41) is 24.1. The zero-order chi connectivity index (χ0) is 23.7. The van der Waals surface area contributed by atoms with Gasteiger partial charge >= 0.3 is 0 Å². The van der Waals surface area contributed by atoms with Crippen molar-refractivity contribution in [3.63, 3.8) is 0 Å². The fourth-order valence-corrected chi connectivity index (χ4v) is 4.27. The van der Waals surface area contributed by atoms with Crippen molar-refractivity contribution < 1.29 is 19.7 Å². The van der Waals surface area contributed by atoms with Crippen LogP contribution < -0.4 is 11.1 Å². The predicted molar refractivity (Wildman–Crippen MR) is 123 cm³/mol. The molecule has 1 fully saturated rings. The zero-order valence-corrected chi connectivity index (χ0v) is 18.1. The standard InChI is InChI=1S/C24H24N6O4/c25-21-18-22(28-12-27-21)30(13-29-18)24-20(32)19(31)16(34-24)11-26-23(33)17(14-7-3-1-4-8-14)15-9-5-2-6-10-15/h1-10,12-13,16-17,19-20,24,31-32H,11H2,(H,26,33)(H2,25,27,28)/t16-,19-,20-,24?/m1/s1. The number of aliphatic hydroxyl groups is 2. The molecule has 0 radical (unpaired) electrons. The second kappa shape index (κ2) is 9.18. The monoisotopic (exact) mass is 460 g/mol. The number of aliphatic hydroxyl groups excluding tert-OH is 2. The van der Waals surface area contributed by atoms with E-state index in [1.807, 2.05) is 60.7 Å². The highest BCUT2D eigenvalue weighted by Crippen LogP contribution is 2.32. The molecule has 1 saturated heterocycles. The molecule has 34 heavy (non-hydrogen) atoms. The molecule has 0 bridgehead atoms. The van der Waals surface area contributed by atoms with E-state index in [-0.39, 0.29) is 18.3 Å². The number of aromatic nitrogens is 4. The summed E-state index contributed by atoms with van der Waals surface area (Å²) in [4.78, 5) is 25.5. The molecule has 2 aromatic heterocycles. The van der Waals surface area contributed by atoms with E-state index in [1.54, 1.807) is 0 Å². The lowest BCUT2D eigenvalue weighted by Gasteiger charge is -2.20. The molecule has 174 valence electrons. The maximum absolute atomic E-state index is 13.3. The van der Waals surface area contributed by atoms with Crippen molar-refractivity contribution in [2.75, 3.05) is 12.3 Å². The van der Waals surface area contributed by atoms with Gasteiger partial charge in [-0.2, -0.15) is 0 Å². The summed E-state index contributed by atoms with van der Waals surface area (Å²) >= 11 is 0. The van der Waals surface area contributed by atoms with Crippen LogP contribution in [0.1, 0.15) is 23.3 Å². The SMILES string of the molecule is Nc1ncnc2c1ncn2C1O[C@H](CNC(=O)C(c2ccccc2)c2ccccc2)[C@@H](O)[C@H]1O. The van der Waals surface area contributed by atoms with Crippen LogP contribution in [-0.4, -0.2) is 60.5 Å². The Morgan fingerprint density at radius 3 is 2.29 bits per heavy atom. The number of hydrogen-bond donors (Lipinski definition) is 4. The molecule has 5 rings (SSSR count). The number of nitrogens with one attached hydrogen (secondary N) is 1. The fourth-order valence-electron chi connectivity index (χ4n) is 4.27. The summed E-state index contributed by atoms with van der Waals surface area (Å²) in [6.07, 6.45) is -1.55. The van der Waals surface area contributed by atoms with E-state index in [0.717, 1.165) is 11.1 Å². The molecular formula is C24H24N6O4. The highest BCUT2D eigenvalue weighted by molar-refractivity contribution is 5.87. The van der Waals surface area contributed by atoms with Gasteiger partial charge in [-0.05, 0) is 11.1 Å². The van der Waals surface area contributed by atoms with Gasteiger partial charge < -0.3 is 26.0 Å². The van der Waals surface area contributed by atoms with E-state index in [1.165, 1.54) is 17.2 Å². The first kappa shape index (κ1) is 22.0. The lowest BCUT2D eigenvalue weighted by molar-refractivity contribution is -0.122. The minimum Gasteiger partial charge on any atom is -0.387 e. The number of nitrogens with two attached hydrogens (primary N) is 1. The molecule has 4 atom stereocenters. The van der Waals surface area contributed by atoms with Crippen molar-refractivity contribution >= 4 is 22.9 Å². The molecule has 3 heterocycles. The first-order valence-electron chi connectivity index (χ1n) is 10.9. The topological polar surface area (TPSA) is 148 Å². The van der Waals surface area contributed by atoms with Crippen molar-refractivity contribution in [2.45, 2.75) is 30.5 Å². The van der Waals surface area contributed by atoms with Crippen LogP contribution in [0, 0.1) is 0 Å². The number of nitrogen functional groups attached to an aromatic ring is 1. The normalized spacial score (nSPS) is 22.3. The Hall–Kier alpha value is -3.86. The number of amides is 1. The van der Waals surface area contributed by atoms with Gasteiger partial charge in [0.05, 0.1) is 12.2 Å². The minimum atomic E-state index is -1.26. The fraction of sp³-hybridized carbons (Fsp3) is 0.250. The average molecular weight is 460 g/mol. The largest absolute Gasteiger partial charge is 0.387 e. The first-order chi connectivity index (χ1) is 16.5. The van der Waals surface area contributed by atoms with E-state index in [2.05, 4.69) is 20.3 Å². The van der Waals surface area contributed by atoms with Crippen molar-refractivity contribution in [1.82, 2.24) is 24.8 Å².